The van der Waals surface area contributed by atoms with E-state index in [1.807, 2.05) is 6.07 Å². The highest BCUT2D eigenvalue weighted by molar-refractivity contribution is 7.92. The number of carbonyl (C=O) groups is 1. The molecule has 1 amide bonds. The summed E-state index contributed by atoms with van der Waals surface area (Å²) in [6.07, 6.45) is 0. The molecule has 37 heavy (non-hydrogen) atoms. The molecule has 1 saturated heterocycles. The second-order valence-corrected chi connectivity index (χ2v) is 10.8. The minimum atomic E-state index is -4.07. The summed E-state index contributed by atoms with van der Waals surface area (Å²) in [6.45, 7) is 6.23. The molecule has 1 aliphatic heterocycles. The first kappa shape index (κ1) is 26.3. The second kappa shape index (κ2) is 11.1. The molecule has 0 radical (unpaired) electrons. The van der Waals surface area contributed by atoms with Gasteiger partial charge in [-0.1, -0.05) is 24.3 Å². The first-order valence-corrected chi connectivity index (χ1v) is 13.6. The molecule has 3 aromatic rings. The van der Waals surface area contributed by atoms with Crippen molar-refractivity contribution in [2.45, 2.75) is 18.7 Å². The van der Waals surface area contributed by atoms with Gasteiger partial charge in [-0.15, -0.1) is 0 Å². The molecule has 0 aliphatic carbocycles. The maximum absolute atomic E-state index is 13.8. The van der Waals surface area contributed by atoms with E-state index in [4.69, 9.17) is 9.47 Å². The van der Waals surface area contributed by atoms with Gasteiger partial charge in [-0.3, -0.25) is 9.10 Å². The summed E-state index contributed by atoms with van der Waals surface area (Å²) in [7, 11) is -1.07. The van der Waals surface area contributed by atoms with Crippen LogP contribution in [0.2, 0.25) is 0 Å². The monoisotopic (exact) mass is 523 g/mol. The summed E-state index contributed by atoms with van der Waals surface area (Å²) in [4.78, 5) is 17.5. The third-order valence-corrected chi connectivity index (χ3v) is 8.60. The highest BCUT2D eigenvalue weighted by Gasteiger charge is 2.32. The van der Waals surface area contributed by atoms with Crippen molar-refractivity contribution in [3.8, 4) is 11.5 Å². The Hall–Kier alpha value is -3.72. The van der Waals surface area contributed by atoms with E-state index >= 15 is 0 Å². The summed E-state index contributed by atoms with van der Waals surface area (Å²) >= 11 is 0. The van der Waals surface area contributed by atoms with Gasteiger partial charge in [0.1, 0.15) is 18.0 Å². The molecule has 0 bridgehead atoms. The minimum Gasteiger partial charge on any atom is -0.497 e. The molecular weight excluding hydrogens is 490 g/mol. The molecule has 0 unspecified atom stereocenters. The SMILES string of the molecule is COc1ccc(S(=O)(=O)N(CC(=O)N2CCN(c3cccc(C)c3C)CC2)c2ccccc2OC)cc1. The number of ether oxygens (including phenoxy) is 2. The Kier molecular flexibility index (Phi) is 7.92. The summed E-state index contributed by atoms with van der Waals surface area (Å²) in [5.74, 6) is 0.649. The van der Waals surface area contributed by atoms with Crippen LogP contribution in [0, 0.1) is 13.8 Å². The van der Waals surface area contributed by atoms with Crippen LogP contribution in [0.5, 0.6) is 11.5 Å². The van der Waals surface area contributed by atoms with Crippen LogP contribution in [0.25, 0.3) is 0 Å². The van der Waals surface area contributed by atoms with Gasteiger partial charge in [0.15, 0.2) is 0 Å². The molecule has 1 aliphatic rings. The molecule has 3 aromatic carbocycles. The van der Waals surface area contributed by atoms with Crippen LogP contribution >= 0.6 is 0 Å². The average Bonchev–Trinajstić information content (AvgIpc) is 2.93. The number of piperazine rings is 1. The Morgan fingerprint density at radius 3 is 2.19 bits per heavy atom. The van der Waals surface area contributed by atoms with Gasteiger partial charge < -0.3 is 19.3 Å². The van der Waals surface area contributed by atoms with Crippen molar-refractivity contribution in [1.29, 1.82) is 0 Å². The van der Waals surface area contributed by atoms with Crippen molar-refractivity contribution in [3.05, 3.63) is 77.9 Å². The fraction of sp³-hybridized carbons (Fsp3) is 0.321. The van der Waals surface area contributed by atoms with Crippen LogP contribution in [0.4, 0.5) is 11.4 Å². The number of hydrogen-bond donors (Lipinski definition) is 0. The maximum Gasteiger partial charge on any atom is 0.264 e. The molecule has 0 saturated carbocycles. The van der Waals surface area contributed by atoms with Crippen LogP contribution in [-0.2, 0) is 14.8 Å². The van der Waals surface area contributed by atoms with Gasteiger partial charge in [-0.2, -0.15) is 0 Å². The summed E-state index contributed by atoms with van der Waals surface area (Å²) in [5.41, 5.74) is 3.94. The smallest absolute Gasteiger partial charge is 0.264 e. The van der Waals surface area contributed by atoms with Gasteiger partial charge in [0.25, 0.3) is 10.0 Å². The Morgan fingerprint density at radius 1 is 0.865 bits per heavy atom. The van der Waals surface area contributed by atoms with Gasteiger partial charge in [0.2, 0.25) is 5.91 Å². The van der Waals surface area contributed by atoms with Crippen molar-refractivity contribution in [1.82, 2.24) is 4.90 Å². The minimum absolute atomic E-state index is 0.0618. The number of aryl methyl sites for hydroxylation is 1. The van der Waals surface area contributed by atoms with Gasteiger partial charge in [-0.05, 0) is 67.4 Å². The first-order chi connectivity index (χ1) is 17.8. The van der Waals surface area contributed by atoms with Crippen LogP contribution in [0.3, 0.4) is 0 Å². The average molecular weight is 524 g/mol. The van der Waals surface area contributed by atoms with E-state index in [1.54, 1.807) is 41.3 Å². The first-order valence-electron chi connectivity index (χ1n) is 12.1. The lowest BCUT2D eigenvalue weighted by Gasteiger charge is -2.38. The second-order valence-electron chi connectivity index (χ2n) is 8.95. The number of para-hydroxylation sites is 2. The van der Waals surface area contributed by atoms with Gasteiger partial charge in [0.05, 0.1) is 24.8 Å². The molecule has 0 spiro atoms. The zero-order valence-corrected chi connectivity index (χ0v) is 22.5. The van der Waals surface area contributed by atoms with Crippen LogP contribution in [0.1, 0.15) is 11.1 Å². The van der Waals surface area contributed by atoms with Crippen LogP contribution in [-0.4, -0.2) is 66.2 Å². The zero-order valence-electron chi connectivity index (χ0n) is 21.7. The van der Waals surface area contributed by atoms with E-state index < -0.39 is 10.0 Å². The largest absolute Gasteiger partial charge is 0.497 e. The molecule has 0 N–H and O–H groups in total. The predicted molar refractivity (Wildman–Crippen MR) is 145 cm³/mol. The fourth-order valence-electron chi connectivity index (χ4n) is 4.51. The maximum atomic E-state index is 13.8. The summed E-state index contributed by atoms with van der Waals surface area (Å²) in [5, 5.41) is 0. The number of benzene rings is 3. The third-order valence-electron chi connectivity index (χ3n) is 6.83. The highest BCUT2D eigenvalue weighted by atomic mass is 32.2. The fourth-order valence-corrected chi connectivity index (χ4v) is 5.93. The number of carbonyl (C=O) groups excluding carboxylic acids is 1. The Bertz CT molecular complexity index is 1350. The molecule has 196 valence electrons. The third kappa shape index (κ3) is 5.51. The lowest BCUT2D eigenvalue weighted by molar-refractivity contribution is -0.129. The van der Waals surface area contributed by atoms with E-state index in [0.29, 0.717) is 43.4 Å². The number of anilines is 2. The van der Waals surface area contributed by atoms with Crippen molar-refractivity contribution in [2.75, 3.05) is 56.1 Å². The Morgan fingerprint density at radius 2 is 1.54 bits per heavy atom. The van der Waals surface area contributed by atoms with E-state index in [0.717, 1.165) is 4.31 Å². The standard InChI is InChI=1S/C28H33N3O5S/c1-21-8-7-10-25(22(21)2)29-16-18-30(19-17-29)28(32)20-31(26-9-5-6-11-27(26)36-4)37(33,34)24-14-12-23(35-3)13-15-24/h5-15H,16-20H2,1-4H3. The van der Waals surface area contributed by atoms with Crippen molar-refractivity contribution >= 4 is 27.3 Å². The number of rotatable bonds is 8. The van der Waals surface area contributed by atoms with Gasteiger partial charge in [-0.25, -0.2) is 8.42 Å². The number of methoxy groups -OCH3 is 2. The molecule has 8 nitrogen and oxygen atoms in total. The lowest BCUT2D eigenvalue weighted by Crippen LogP contribution is -2.52. The van der Waals surface area contributed by atoms with E-state index in [9.17, 15) is 13.2 Å². The normalized spacial score (nSPS) is 13.8. The quantitative estimate of drug-likeness (QED) is 0.446. The highest BCUT2D eigenvalue weighted by Crippen LogP contribution is 2.33. The predicted octanol–water partition coefficient (Wildman–Crippen LogP) is 3.86. The Balaban J connectivity index is 1.57. The van der Waals surface area contributed by atoms with E-state index in [2.05, 4.69) is 30.9 Å². The zero-order chi connectivity index (χ0) is 26.6. The molecule has 1 heterocycles. The summed E-state index contributed by atoms with van der Waals surface area (Å²) in [6, 6.07) is 19.2. The molecular formula is C28H33N3O5S. The molecule has 0 aromatic heterocycles. The topological polar surface area (TPSA) is 79.4 Å². The van der Waals surface area contributed by atoms with Crippen molar-refractivity contribution in [3.63, 3.8) is 0 Å². The molecule has 1 fully saturated rings. The lowest BCUT2D eigenvalue weighted by atomic mass is 10.1. The van der Waals surface area contributed by atoms with Crippen LogP contribution in [0.15, 0.2) is 71.6 Å². The molecule has 9 heteroatoms. The number of sulfonamides is 1. The van der Waals surface area contributed by atoms with Crippen LogP contribution < -0.4 is 18.7 Å². The van der Waals surface area contributed by atoms with Crippen molar-refractivity contribution < 1.29 is 22.7 Å². The molecule has 0 atom stereocenters. The van der Waals surface area contributed by atoms with E-state index in [1.165, 1.54) is 43.2 Å². The summed E-state index contributed by atoms with van der Waals surface area (Å²) < 4.78 is 39.3. The van der Waals surface area contributed by atoms with Gasteiger partial charge >= 0.3 is 0 Å². The van der Waals surface area contributed by atoms with Gasteiger partial charge in [0, 0.05) is 31.9 Å². The van der Waals surface area contributed by atoms with Crippen molar-refractivity contribution in [2.24, 2.45) is 0 Å². The Labute approximate surface area is 219 Å². The number of hydrogen-bond acceptors (Lipinski definition) is 6. The number of amides is 1. The van der Waals surface area contributed by atoms with E-state index in [-0.39, 0.29) is 17.3 Å². The number of nitrogens with zero attached hydrogens (tertiary/aromatic N) is 3. The molecule has 4 rings (SSSR count).